The highest BCUT2D eigenvalue weighted by Gasteiger charge is 2.21. The van der Waals surface area contributed by atoms with Gasteiger partial charge in [-0.2, -0.15) is 0 Å². The average molecular weight is 392 g/mol. The Hall–Kier alpha value is -2.70. The molecular formula is C22H20N2O3S. The Labute approximate surface area is 165 Å². The van der Waals surface area contributed by atoms with Gasteiger partial charge in [0.05, 0.1) is 18.3 Å². The summed E-state index contributed by atoms with van der Waals surface area (Å²) in [7, 11) is 0. The van der Waals surface area contributed by atoms with Crippen LogP contribution < -0.4 is 10.3 Å². The van der Waals surface area contributed by atoms with Gasteiger partial charge >= 0.3 is 0 Å². The van der Waals surface area contributed by atoms with E-state index in [1.54, 1.807) is 11.3 Å². The van der Waals surface area contributed by atoms with Crippen LogP contribution in [0.3, 0.4) is 0 Å². The van der Waals surface area contributed by atoms with E-state index in [4.69, 9.17) is 4.74 Å². The van der Waals surface area contributed by atoms with E-state index < -0.39 is 6.10 Å². The molecule has 2 heterocycles. The van der Waals surface area contributed by atoms with Crippen molar-refractivity contribution in [1.29, 1.82) is 0 Å². The SMILES string of the molecule is O=c1c2c3c(sc2ncn1C[C@H](O)COc1cccc2ccccc12)CCC3. The van der Waals surface area contributed by atoms with Crippen molar-refractivity contribution in [2.45, 2.75) is 31.9 Å². The number of rotatable bonds is 5. The van der Waals surface area contributed by atoms with Gasteiger partial charge in [-0.1, -0.05) is 36.4 Å². The number of thiophene rings is 1. The van der Waals surface area contributed by atoms with Crippen LogP contribution in [-0.4, -0.2) is 27.4 Å². The van der Waals surface area contributed by atoms with Crippen molar-refractivity contribution in [3.05, 3.63) is 69.6 Å². The van der Waals surface area contributed by atoms with Crippen LogP contribution in [0.25, 0.3) is 21.0 Å². The summed E-state index contributed by atoms with van der Waals surface area (Å²) in [6.45, 7) is 0.275. The van der Waals surface area contributed by atoms with Gasteiger partial charge in [0.2, 0.25) is 0 Å². The lowest BCUT2D eigenvalue weighted by molar-refractivity contribution is 0.0922. The van der Waals surface area contributed by atoms with Crippen molar-refractivity contribution in [2.24, 2.45) is 0 Å². The molecule has 0 spiro atoms. The fourth-order valence-electron chi connectivity index (χ4n) is 3.94. The molecule has 5 nitrogen and oxygen atoms in total. The van der Waals surface area contributed by atoms with E-state index in [0.717, 1.165) is 51.6 Å². The topological polar surface area (TPSA) is 64.4 Å². The van der Waals surface area contributed by atoms with E-state index >= 15 is 0 Å². The highest BCUT2D eigenvalue weighted by atomic mass is 32.1. The Morgan fingerprint density at radius 2 is 2.04 bits per heavy atom. The summed E-state index contributed by atoms with van der Waals surface area (Å²) in [5.74, 6) is 0.730. The fourth-order valence-corrected chi connectivity index (χ4v) is 5.16. The number of hydrogen-bond donors (Lipinski definition) is 1. The van der Waals surface area contributed by atoms with E-state index in [2.05, 4.69) is 4.98 Å². The second-order valence-electron chi connectivity index (χ2n) is 7.18. The number of aliphatic hydroxyl groups excluding tert-OH is 1. The summed E-state index contributed by atoms with van der Waals surface area (Å²) in [5.41, 5.74) is 1.10. The van der Waals surface area contributed by atoms with Gasteiger partial charge in [-0.15, -0.1) is 11.3 Å². The summed E-state index contributed by atoms with van der Waals surface area (Å²) >= 11 is 1.63. The van der Waals surface area contributed by atoms with Crippen LogP contribution in [0.15, 0.2) is 53.6 Å². The lowest BCUT2D eigenvalue weighted by Gasteiger charge is -2.15. The molecule has 2 aromatic heterocycles. The molecule has 1 atom stereocenters. The maximum absolute atomic E-state index is 12.9. The third kappa shape index (κ3) is 2.99. The monoisotopic (exact) mass is 392 g/mol. The van der Waals surface area contributed by atoms with Gasteiger partial charge in [0.25, 0.3) is 5.56 Å². The van der Waals surface area contributed by atoms with E-state index in [1.807, 2.05) is 42.5 Å². The predicted molar refractivity (Wildman–Crippen MR) is 111 cm³/mol. The van der Waals surface area contributed by atoms with Crippen molar-refractivity contribution in [3.8, 4) is 5.75 Å². The molecular weight excluding hydrogens is 372 g/mol. The number of aromatic nitrogens is 2. The highest BCUT2D eigenvalue weighted by Crippen LogP contribution is 2.34. The second kappa shape index (κ2) is 7.04. The molecule has 1 N–H and O–H groups in total. The first kappa shape index (κ1) is 17.4. The van der Waals surface area contributed by atoms with E-state index in [9.17, 15) is 9.90 Å². The van der Waals surface area contributed by atoms with Crippen LogP contribution in [0.2, 0.25) is 0 Å². The zero-order chi connectivity index (χ0) is 19.1. The van der Waals surface area contributed by atoms with Gasteiger partial charge in [-0.05, 0) is 36.3 Å². The van der Waals surface area contributed by atoms with Crippen molar-refractivity contribution < 1.29 is 9.84 Å². The van der Waals surface area contributed by atoms with Gasteiger partial charge in [0.15, 0.2) is 0 Å². The van der Waals surface area contributed by atoms with Gasteiger partial charge in [-0.25, -0.2) is 4.98 Å². The first-order valence-electron chi connectivity index (χ1n) is 9.49. The fraction of sp³-hybridized carbons (Fsp3) is 0.273. The highest BCUT2D eigenvalue weighted by molar-refractivity contribution is 7.18. The van der Waals surface area contributed by atoms with Crippen LogP contribution in [0.5, 0.6) is 5.75 Å². The standard InChI is InChI=1S/C22H20N2O3S/c25-15(12-27-18-9-3-6-14-5-1-2-7-16(14)18)11-24-13-23-21-20(22(24)26)17-8-4-10-19(17)28-21/h1-3,5-7,9,13,15,25H,4,8,10-12H2/t15-/m0/s1. The molecule has 28 heavy (non-hydrogen) atoms. The molecule has 0 saturated carbocycles. The molecule has 0 bridgehead atoms. The minimum absolute atomic E-state index is 0.0615. The molecule has 0 aliphatic heterocycles. The average Bonchev–Trinajstić information content (AvgIpc) is 3.29. The van der Waals surface area contributed by atoms with Crippen LogP contribution in [-0.2, 0) is 19.4 Å². The maximum Gasteiger partial charge on any atom is 0.262 e. The zero-order valence-electron chi connectivity index (χ0n) is 15.3. The first-order chi connectivity index (χ1) is 13.7. The Balaban J connectivity index is 1.35. The van der Waals surface area contributed by atoms with Crippen LogP contribution >= 0.6 is 11.3 Å². The molecule has 1 aliphatic carbocycles. The Morgan fingerprint density at radius 1 is 1.18 bits per heavy atom. The normalized spacial score (nSPS) is 14.5. The minimum atomic E-state index is -0.803. The summed E-state index contributed by atoms with van der Waals surface area (Å²) in [5, 5.41) is 13.3. The lowest BCUT2D eigenvalue weighted by atomic mass is 10.1. The molecule has 0 unspecified atom stereocenters. The molecule has 5 rings (SSSR count). The Kier molecular flexibility index (Phi) is 4.37. The van der Waals surface area contributed by atoms with Crippen molar-refractivity contribution in [1.82, 2.24) is 9.55 Å². The zero-order valence-corrected chi connectivity index (χ0v) is 16.1. The largest absolute Gasteiger partial charge is 0.490 e. The van der Waals surface area contributed by atoms with E-state index in [0.29, 0.717) is 0 Å². The first-order valence-corrected chi connectivity index (χ1v) is 10.3. The van der Waals surface area contributed by atoms with Crippen molar-refractivity contribution >= 4 is 32.3 Å². The molecule has 0 fully saturated rings. The molecule has 0 saturated heterocycles. The summed E-state index contributed by atoms with van der Waals surface area (Å²) in [6, 6.07) is 13.8. The molecule has 6 heteroatoms. The van der Waals surface area contributed by atoms with Crippen LogP contribution in [0, 0.1) is 0 Å². The minimum Gasteiger partial charge on any atom is -0.490 e. The molecule has 0 radical (unpaired) electrons. The number of benzene rings is 2. The molecule has 2 aromatic carbocycles. The number of nitrogens with zero attached hydrogens (tertiary/aromatic N) is 2. The molecule has 0 amide bonds. The van der Waals surface area contributed by atoms with Gasteiger partial charge in [0, 0.05) is 10.3 Å². The number of ether oxygens (including phenoxy) is 1. The second-order valence-corrected chi connectivity index (χ2v) is 8.27. The van der Waals surface area contributed by atoms with Crippen LogP contribution in [0.4, 0.5) is 0 Å². The molecule has 1 aliphatic rings. The number of hydrogen-bond acceptors (Lipinski definition) is 5. The molecule has 142 valence electrons. The number of fused-ring (bicyclic) bond motifs is 4. The van der Waals surface area contributed by atoms with E-state index in [-0.39, 0.29) is 18.7 Å². The Bertz CT molecular complexity index is 1220. The number of aliphatic hydroxyl groups is 1. The van der Waals surface area contributed by atoms with Gasteiger partial charge in [-0.3, -0.25) is 9.36 Å². The third-order valence-corrected chi connectivity index (χ3v) is 6.48. The number of aryl methyl sites for hydroxylation is 2. The van der Waals surface area contributed by atoms with Gasteiger partial charge < -0.3 is 9.84 Å². The summed E-state index contributed by atoms with van der Waals surface area (Å²) in [4.78, 5) is 19.5. The molecule has 4 aromatic rings. The maximum atomic E-state index is 12.9. The quantitative estimate of drug-likeness (QED) is 0.564. The summed E-state index contributed by atoms with van der Waals surface area (Å²) in [6.07, 6.45) is 3.83. The van der Waals surface area contributed by atoms with Crippen molar-refractivity contribution in [3.63, 3.8) is 0 Å². The van der Waals surface area contributed by atoms with Crippen molar-refractivity contribution in [2.75, 3.05) is 6.61 Å². The van der Waals surface area contributed by atoms with Gasteiger partial charge in [0.1, 0.15) is 23.3 Å². The third-order valence-electron chi connectivity index (χ3n) is 5.28. The smallest absolute Gasteiger partial charge is 0.262 e. The Morgan fingerprint density at radius 3 is 2.96 bits per heavy atom. The van der Waals surface area contributed by atoms with Crippen LogP contribution in [0.1, 0.15) is 16.9 Å². The predicted octanol–water partition coefficient (Wildman–Crippen LogP) is 3.54. The van der Waals surface area contributed by atoms with E-state index in [1.165, 1.54) is 15.8 Å². The lowest BCUT2D eigenvalue weighted by Crippen LogP contribution is -2.30. The summed E-state index contributed by atoms with van der Waals surface area (Å²) < 4.78 is 7.36.